The molecular weight excluding hydrogens is 222 g/mol. The highest BCUT2D eigenvalue weighted by Crippen LogP contribution is 2.41. The van der Waals surface area contributed by atoms with Crippen molar-refractivity contribution in [1.82, 2.24) is 5.32 Å². The zero-order valence-electron chi connectivity index (χ0n) is 11.8. The Kier molecular flexibility index (Phi) is 4.28. The van der Waals surface area contributed by atoms with Crippen LogP contribution in [0.3, 0.4) is 0 Å². The van der Waals surface area contributed by atoms with E-state index in [1.54, 1.807) is 0 Å². The Labute approximate surface area is 111 Å². The maximum absolute atomic E-state index is 6.23. The number of hydrogen-bond donors (Lipinski definition) is 1. The first-order valence-corrected chi connectivity index (χ1v) is 7.20. The van der Waals surface area contributed by atoms with E-state index in [0.717, 1.165) is 25.1 Å². The minimum atomic E-state index is -0.0193. The second-order valence-corrected chi connectivity index (χ2v) is 5.55. The molecule has 0 bridgehead atoms. The average molecular weight is 247 g/mol. The monoisotopic (exact) mass is 247 g/mol. The van der Waals surface area contributed by atoms with Gasteiger partial charge in [0.1, 0.15) is 11.4 Å². The van der Waals surface area contributed by atoms with E-state index in [2.05, 4.69) is 50.4 Å². The minimum absolute atomic E-state index is 0.0193. The van der Waals surface area contributed by atoms with Gasteiger partial charge in [-0.05, 0) is 32.4 Å². The van der Waals surface area contributed by atoms with Crippen LogP contribution in [0.5, 0.6) is 5.75 Å². The summed E-state index contributed by atoms with van der Waals surface area (Å²) in [5, 5.41) is 3.66. The van der Waals surface area contributed by atoms with Crippen molar-refractivity contribution in [3.63, 3.8) is 0 Å². The van der Waals surface area contributed by atoms with E-state index in [9.17, 15) is 0 Å². The topological polar surface area (TPSA) is 21.3 Å². The van der Waals surface area contributed by atoms with Crippen molar-refractivity contribution < 1.29 is 4.74 Å². The van der Waals surface area contributed by atoms with E-state index in [4.69, 9.17) is 4.74 Å². The van der Waals surface area contributed by atoms with Crippen LogP contribution in [0.4, 0.5) is 0 Å². The third kappa shape index (κ3) is 2.86. The second-order valence-electron chi connectivity index (χ2n) is 5.55. The van der Waals surface area contributed by atoms with Crippen LogP contribution in [-0.2, 0) is 0 Å². The molecule has 1 aromatic rings. The zero-order valence-corrected chi connectivity index (χ0v) is 11.8. The Bertz CT molecular complexity index is 390. The predicted molar refractivity (Wildman–Crippen MR) is 76.0 cm³/mol. The molecule has 0 aliphatic carbocycles. The molecule has 2 rings (SSSR count). The fourth-order valence-electron chi connectivity index (χ4n) is 2.89. The van der Waals surface area contributed by atoms with Crippen molar-refractivity contribution in [2.75, 3.05) is 6.54 Å². The lowest BCUT2D eigenvalue weighted by Crippen LogP contribution is -2.41. The molecule has 0 amide bonds. The zero-order chi connectivity index (χ0) is 13.0. The highest BCUT2D eigenvalue weighted by atomic mass is 16.5. The summed E-state index contributed by atoms with van der Waals surface area (Å²) in [4.78, 5) is 0. The van der Waals surface area contributed by atoms with Crippen LogP contribution >= 0.6 is 0 Å². The predicted octanol–water partition coefficient (Wildman–Crippen LogP) is 4.07. The summed E-state index contributed by atoms with van der Waals surface area (Å²) in [7, 11) is 0. The Morgan fingerprint density at radius 2 is 2.06 bits per heavy atom. The fourth-order valence-corrected chi connectivity index (χ4v) is 2.89. The summed E-state index contributed by atoms with van der Waals surface area (Å²) in [6.07, 6.45) is 4.52. The summed E-state index contributed by atoms with van der Waals surface area (Å²) >= 11 is 0. The van der Waals surface area contributed by atoms with E-state index in [0.29, 0.717) is 6.04 Å². The van der Waals surface area contributed by atoms with Gasteiger partial charge in [-0.3, -0.25) is 0 Å². The lowest BCUT2D eigenvalue weighted by atomic mass is 9.85. The van der Waals surface area contributed by atoms with Crippen LogP contribution in [0.1, 0.15) is 58.1 Å². The standard InChI is InChI=1S/C16H25NO/c1-4-10-16(3)12-14(17-11-5-2)13-8-6-7-9-15(13)18-16/h6-9,14,17H,4-5,10-12H2,1-3H3. The van der Waals surface area contributed by atoms with E-state index in [-0.39, 0.29) is 5.60 Å². The minimum Gasteiger partial charge on any atom is -0.487 e. The van der Waals surface area contributed by atoms with Crippen LogP contribution in [0.2, 0.25) is 0 Å². The molecule has 1 aliphatic heterocycles. The first-order valence-electron chi connectivity index (χ1n) is 7.20. The smallest absolute Gasteiger partial charge is 0.124 e. The first-order chi connectivity index (χ1) is 8.68. The van der Waals surface area contributed by atoms with E-state index in [1.807, 2.05) is 0 Å². The molecule has 0 saturated carbocycles. The summed E-state index contributed by atoms with van der Waals surface area (Å²) in [5.41, 5.74) is 1.30. The molecule has 2 heteroatoms. The van der Waals surface area contributed by atoms with Gasteiger partial charge in [0.05, 0.1) is 0 Å². The molecule has 0 radical (unpaired) electrons. The van der Waals surface area contributed by atoms with Gasteiger partial charge < -0.3 is 10.1 Å². The SMILES string of the molecule is CCCNC1CC(C)(CCC)Oc2ccccc21. The van der Waals surface area contributed by atoms with E-state index < -0.39 is 0 Å². The fraction of sp³-hybridized carbons (Fsp3) is 0.625. The van der Waals surface area contributed by atoms with Crippen LogP contribution < -0.4 is 10.1 Å². The molecule has 18 heavy (non-hydrogen) atoms. The molecule has 1 N–H and O–H groups in total. The number of ether oxygens (including phenoxy) is 1. The number of para-hydroxylation sites is 1. The number of rotatable bonds is 5. The van der Waals surface area contributed by atoms with Gasteiger partial charge in [-0.15, -0.1) is 0 Å². The van der Waals surface area contributed by atoms with Crippen molar-refractivity contribution in [3.05, 3.63) is 29.8 Å². The number of benzene rings is 1. The quantitative estimate of drug-likeness (QED) is 0.847. The third-order valence-corrected chi connectivity index (χ3v) is 3.71. The van der Waals surface area contributed by atoms with Crippen LogP contribution in [0.25, 0.3) is 0 Å². The largest absolute Gasteiger partial charge is 0.487 e. The Morgan fingerprint density at radius 1 is 1.28 bits per heavy atom. The molecule has 1 aromatic carbocycles. The molecular formula is C16H25NO. The summed E-state index contributed by atoms with van der Waals surface area (Å²) in [6, 6.07) is 8.89. The van der Waals surface area contributed by atoms with Crippen LogP contribution in [0.15, 0.2) is 24.3 Å². The molecule has 0 spiro atoms. The van der Waals surface area contributed by atoms with Crippen molar-refractivity contribution in [2.45, 2.75) is 58.1 Å². The Hall–Kier alpha value is -1.02. The lowest BCUT2D eigenvalue weighted by molar-refractivity contribution is 0.0391. The van der Waals surface area contributed by atoms with E-state index >= 15 is 0 Å². The molecule has 100 valence electrons. The molecule has 2 atom stereocenters. The van der Waals surface area contributed by atoms with Gasteiger partial charge in [0.15, 0.2) is 0 Å². The van der Waals surface area contributed by atoms with Gasteiger partial charge in [0.2, 0.25) is 0 Å². The van der Waals surface area contributed by atoms with E-state index in [1.165, 1.54) is 18.4 Å². The van der Waals surface area contributed by atoms with Crippen LogP contribution in [-0.4, -0.2) is 12.1 Å². The molecule has 0 aromatic heterocycles. The van der Waals surface area contributed by atoms with Gasteiger partial charge in [-0.1, -0.05) is 38.5 Å². The normalized spacial score (nSPS) is 26.5. The molecule has 0 saturated heterocycles. The molecule has 1 heterocycles. The second kappa shape index (κ2) is 5.75. The highest BCUT2D eigenvalue weighted by molar-refractivity contribution is 5.38. The van der Waals surface area contributed by atoms with Gasteiger partial charge in [0, 0.05) is 18.0 Å². The van der Waals surface area contributed by atoms with Gasteiger partial charge in [-0.2, -0.15) is 0 Å². The number of fused-ring (bicyclic) bond motifs is 1. The summed E-state index contributed by atoms with van der Waals surface area (Å²) < 4.78 is 6.23. The van der Waals surface area contributed by atoms with Crippen molar-refractivity contribution >= 4 is 0 Å². The highest BCUT2D eigenvalue weighted by Gasteiger charge is 2.35. The molecule has 2 nitrogen and oxygen atoms in total. The first kappa shape index (κ1) is 13.4. The molecule has 1 aliphatic rings. The van der Waals surface area contributed by atoms with Gasteiger partial charge >= 0.3 is 0 Å². The maximum atomic E-state index is 6.23. The number of hydrogen-bond acceptors (Lipinski definition) is 2. The summed E-state index contributed by atoms with van der Waals surface area (Å²) in [5.74, 6) is 1.06. The number of nitrogens with one attached hydrogen (secondary N) is 1. The molecule has 0 fully saturated rings. The van der Waals surface area contributed by atoms with Crippen molar-refractivity contribution in [3.8, 4) is 5.75 Å². The maximum Gasteiger partial charge on any atom is 0.124 e. The summed E-state index contributed by atoms with van der Waals surface area (Å²) in [6.45, 7) is 7.75. The van der Waals surface area contributed by atoms with Crippen LogP contribution in [0, 0.1) is 0 Å². The molecule has 2 unspecified atom stereocenters. The Balaban J connectivity index is 2.23. The van der Waals surface area contributed by atoms with Gasteiger partial charge in [-0.25, -0.2) is 0 Å². The lowest BCUT2D eigenvalue weighted by Gasteiger charge is -2.40. The van der Waals surface area contributed by atoms with Crippen molar-refractivity contribution in [1.29, 1.82) is 0 Å². The van der Waals surface area contributed by atoms with Crippen molar-refractivity contribution in [2.24, 2.45) is 0 Å². The Morgan fingerprint density at radius 3 is 2.78 bits per heavy atom. The van der Waals surface area contributed by atoms with Gasteiger partial charge in [0.25, 0.3) is 0 Å². The average Bonchev–Trinajstić information content (AvgIpc) is 2.35. The third-order valence-electron chi connectivity index (χ3n) is 3.71.